The average molecular weight is 356 g/mol. The number of nitrogens with two attached hydrogens (primary N) is 1. The lowest BCUT2D eigenvalue weighted by Gasteiger charge is -2.13. The summed E-state index contributed by atoms with van der Waals surface area (Å²) in [6.07, 6.45) is -1.69. The third-order valence-electron chi connectivity index (χ3n) is 2.09. The summed E-state index contributed by atoms with van der Waals surface area (Å²) in [5.41, 5.74) is 4.98. The lowest BCUT2D eigenvalue weighted by Crippen LogP contribution is -2.15. The summed E-state index contributed by atoms with van der Waals surface area (Å²) in [6, 6.07) is 0. The van der Waals surface area contributed by atoms with Crippen molar-refractivity contribution >= 4 is 28.6 Å². The molecule has 1 aromatic heterocycles. The molecule has 1 aromatic rings. The Hall–Kier alpha value is -0.830. The zero-order valence-electron chi connectivity index (χ0n) is 9.04. The van der Waals surface area contributed by atoms with Crippen molar-refractivity contribution in [2.24, 2.45) is 5.73 Å². The highest BCUT2D eigenvalue weighted by molar-refractivity contribution is 14.1. The smallest absolute Gasteiger partial charge is 0.340 e. The Morgan fingerprint density at radius 2 is 2.29 bits per heavy atom. The topological polar surface area (TPSA) is 65.2 Å². The number of halogens is 3. The van der Waals surface area contributed by atoms with E-state index in [4.69, 9.17) is 10.5 Å². The fourth-order valence-electron chi connectivity index (χ4n) is 1.36. The first-order valence-corrected chi connectivity index (χ1v) is 5.93. The molecule has 1 heterocycles. The second-order valence-corrected chi connectivity index (χ2v) is 4.10. The van der Waals surface area contributed by atoms with Crippen LogP contribution in [0.4, 0.5) is 8.78 Å². The van der Waals surface area contributed by atoms with Crippen LogP contribution in [0.1, 0.15) is 34.8 Å². The maximum Gasteiger partial charge on any atom is 0.340 e. The van der Waals surface area contributed by atoms with Crippen LogP contribution in [0.5, 0.6) is 0 Å². The Labute approximate surface area is 111 Å². The van der Waals surface area contributed by atoms with Crippen molar-refractivity contribution in [2.45, 2.75) is 19.9 Å². The van der Waals surface area contributed by atoms with Gasteiger partial charge in [0, 0.05) is 23.9 Å². The van der Waals surface area contributed by atoms with Crippen LogP contribution in [0, 0.1) is 3.70 Å². The Balaban J connectivity index is 3.35. The molecule has 0 spiro atoms. The number of rotatable bonds is 4. The standard InChI is InChI=1S/C10H11F2IN2O2/c1-2-17-10(16)6-4-15-9(13)5(3-14)7(6)8(11)12/h4,8H,2-3,14H2,1H3. The Kier molecular flexibility index (Phi) is 5.19. The van der Waals surface area contributed by atoms with Crippen molar-refractivity contribution in [1.82, 2.24) is 4.98 Å². The van der Waals surface area contributed by atoms with Crippen LogP contribution in [-0.4, -0.2) is 17.6 Å². The minimum atomic E-state index is -2.79. The molecule has 1 rings (SSSR count). The van der Waals surface area contributed by atoms with Crippen LogP contribution in [0.2, 0.25) is 0 Å². The van der Waals surface area contributed by atoms with E-state index in [1.165, 1.54) is 0 Å². The van der Waals surface area contributed by atoms with Crippen LogP contribution in [-0.2, 0) is 11.3 Å². The molecule has 0 aliphatic heterocycles. The number of pyridine rings is 1. The second-order valence-electron chi connectivity index (χ2n) is 3.08. The molecule has 0 aliphatic rings. The molecular formula is C10H11F2IN2O2. The molecule has 0 aromatic carbocycles. The van der Waals surface area contributed by atoms with Gasteiger partial charge in [0.2, 0.25) is 0 Å². The summed E-state index contributed by atoms with van der Waals surface area (Å²) >= 11 is 1.80. The Morgan fingerprint density at radius 1 is 1.65 bits per heavy atom. The van der Waals surface area contributed by atoms with Gasteiger partial charge in [-0.15, -0.1) is 0 Å². The van der Waals surface area contributed by atoms with Gasteiger partial charge in [-0.25, -0.2) is 18.6 Å². The van der Waals surface area contributed by atoms with E-state index in [0.717, 1.165) is 6.20 Å². The lowest BCUT2D eigenvalue weighted by molar-refractivity contribution is 0.0514. The first-order chi connectivity index (χ1) is 8.02. The predicted molar refractivity (Wildman–Crippen MR) is 65.8 cm³/mol. The number of carbonyl (C=O) groups is 1. The van der Waals surface area contributed by atoms with Gasteiger partial charge in [0.15, 0.2) is 0 Å². The summed E-state index contributed by atoms with van der Waals surface area (Å²) in [6.45, 7) is 1.62. The molecule has 0 bridgehead atoms. The highest BCUT2D eigenvalue weighted by Gasteiger charge is 2.24. The molecule has 17 heavy (non-hydrogen) atoms. The van der Waals surface area contributed by atoms with Crippen LogP contribution in [0.15, 0.2) is 6.20 Å². The molecule has 0 radical (unpaired) electrons. The number of aromatic nitrogens is 1. The van der Waals surface area contributed by atoms with E-state index in [0.29, 0.717) is 3.70 Å². The number of hydrogen-bond donors (Lipinski definition) is 1. The van der Waals surface area contributed by atoms with Crippen molar-refractivity contribution in [1.29, 1.82) is 0 Å². The van der Waals surface area contributed by atoms with E-state index >= 15 is 0 Å². The Bertz CT molecular complexity index is 427. The molecule has 4 nitrogen and oxygen atoms in total. The van der Waals surface area contributed by atoms with Crippen molar-refractivity contribution in [3.05, 3.63) is 26.6 Å². The van der Waals surface area contributed by atoms with Crippen LogP contribution in [0.25, 0.3) is 0 Å². The molecule has 94 valence electrons. The predicted octanol–water partition coefficient (Wildman–Crippen LogP) is 2.26. The normalized spacial score (nSPS) is 10.7. The van der Waals surface area contributed by atoms with Gasteiger partial charge in [-0.3, -0.25) is 0 Å². The Morgan fingerprint density at radius 3 is 2.76 bits per heavy atom. The van der Waals surface area contributed by atoms with E-state index < -0.39 is 12.4 Å². The van der Waals surface area contributed by atoms with Crippen molar-refractivity contribution < 1.29 is 18.3 Å². The molecule has 0 saturated heterocycles. The lowest BCUT2D eigenvalue weighted by atomic mass is 10.1. The first kappa shape index (κ1) is 14.2. The maximum absolute atomic E-state index is 13.0. The summed E-state index contributed by atoms with van der Waals surface area (Å²) in [5.74, 6) is -0.804. The minimum absolute atomic E-state index is 0.0990. The van der Waals surface area contributed by atoms with E-state index in [1.54, 1.807) is 29.5 Å². The molecule has 2 N–H and O–H groups in total. The SMILES string of the molecule is CCOC(=O)c1cnc(I)c(CN)c1C(F)F. The van der Waals surface area contributed by atoms with Gasteiger partial charge >= 0.3 is 5.97 Å². The minimum Gasteiger partial charge on any atom is -0.462 e. The van der Waals surface area contributed by atoms with Gasteiger partial charge in [0.05, 0.1) is 12.2 Å². The number of ether oxygens (including phenoxy) is 1. The zero-order valence-corrected chi connectivity index (χ0v) is 11.2. The summed E-state index contributed by atoms with van der Waals surface area (Å²) in [7, 11) is 0. The van der Waals surface area contributed by atoms with E-state index in [-0.39, 0.29) is 29.8 Å². The number of alkyl halides is 2. The first-order valence-electron chi connectivity index (χ1n) is 4.85. The van der Waals surface area contributed by atoms with E-state index in [1.807, 2.05) is 0 Å². The molecule has 0 amide bonds. The fraction of sp³-hybridized carbons (Fsp3) is 0.400. The quantitative estimate of drug-likeness (QED) is 0.511. The van der Waals surface area contributed by atoms with E-state index in [9.17, 15) is 13.6 Å². The molecule has 0 unspecified atom stereocenters. The average Bonchev–Trinajstić information content (AvgIpc) is 2.28. The molecular weight excluding hydrogens is 345 g/mol. The van der Waals surface area contributed by atoms with Crippen molar-refractivity contribution in [2.75, 3.05) is 6.61 Å². The highest BCUT2D eigenvalue weighted by atomic mass is 127. The zero-order chi connectivity index (χ0) is 13.0. The van der Waals surface area contributed by atoms with Crippen molar-refractivity contribution in [3.63, 3.8) is 0 Å². The van der Waals surface area contributed by atoms with Gasteiger partial charge in [-0.1, -0.05) is 0 Å². The maximum atomic E-state index is 13.0. The molecule has 7 heteroatoms. The van der Waals surface area contributed by atoms with Gasteiger partial charge in [0.1, 0.15) is 3.70 Å². The second kappa shape index (κ2) is 6.20. The molecule has 0 aliphatic carbocycles. The fourth-order valence-corrected chi connectivity index (χ4v) is 2.01. The van der Waals surface area contributed by atoms with Crippen LogP contribution < -0.4 is 5.73 Å². The van der Waals surface area contributed by atoms with Crippen LogP contribution in [0.3, 0.4) is 0 Å². The monoisotopic (exact) mass is 356 g/mol. The largest absolute Gasteiger partial charge is 0.462 e. The number of carbonyl (C=O) groups excluding carboxylic acids is 1. The number of esters is 1. The summed E-state index contributed by atoms with van der Waals surface area (Å²) in [5, 5.41) is 0. The van der Waals surface area contributed by atoms with E-state index in [2.05, 4.69) is 4.98 Å². The molecule has 0 saturated carbocycles. The molecule has 0 atom stereocenters. The highest BCUT2D eigenvalue weighted by Crippen LogP contribution is 2.29. The van der Waals surface area contributed by atoms with Gasteiger partial charge in [-0.05, 0) is 29.5 Å². The number of hydrogen-bond acceptors (Lipinski definition) is 4. The third-order valence-corrected chi connectivity index (χ3v) is 3.02. The number of nitrogens with zero attached hydrogens (tertiary/aromatic N) is 1. The van der Waals surface area contributed by atoms with Gasteiger partial charge < -0.3 is 10.5 Å². The summed E-state index contributed by atoms with van der Waals surface area (Å²) in [4.78, 5) is 15.4. The molecule has 0 fully saturated rings. The van der Waals surface area contributed by atoms with Gasteiger partial charge in [-0.2, -0.15) is 0 Å². The van der Waals surface area contributed by atoms with Gasteiger partial charge in [0.25, 0.3) is 6.43 Å². The van der Waals surface area contributed by atoms with Crippen LogP contribution >= 0.6 is 22.6 Å². The third kappa shape index (κ3) is 3.09. The van der Waals surface area contributed by atoms with Crippen molar-refractivity contribution in [3.8, 4) is 0 Å². The summed E-state index contributed by atoms with van der Waals surface area (Å²) < 4.78 is 31.0.